The fraction of sp³-hybridized carbons (Fsp3) is 0.667. The van der Waals surface area contributed by atoms with Crippen molar-refractivity contribution in [3.8, 4) is 0 Å². The first kappa shape index (κ1) is 22.3. The molecule has 3 rings (SSSR count). The predicted molar refractivity (Wildman–Crippen MR) is 126 cm³/mol. The van der Waals surface area contributed by atoms with Gasteiger partial charge < -0.3 is 20.0 Å². The van der Waals surface area contributed by atoms with Gasteiger partial charge in [-0.05, 0) is 64.4 Å². The third-order valence-corrected chi connectivity index (χ3v) is 5.67. The van der Waals surface area contributed by atoms with Gasteiger partial charge in [0.25, 0.3) is 0 Å². The van der Waals surface area contributed by atoms with Gasteiger partial charge in [-0.1, -0.05) is 18.2 Å². The second-order valence-electron chi connectivity index (χ2n) is 7.58. The summed E-state index contributed by atoms with van der Waals surface area (Å²) in [6.07, 6.45) is 3.89. The van der Waals surface area contributed by atoms with Gasteiger partial charge in [0.2, 0.25) is 0 Å². The molecule has 1 aromatic rings. The van der Waals surface area contributed by atoms with Crippen molar-refractivity contribution in [1.82, 2.24) is 15.1 Å². The summed E-state index contributed by atoms with van der Waals surface area (Å²) in [5, 5.41) is 3.50. The number of anilines is 1. The summed E-state index contributed by atoms with van der Waals surface area (Å²) in [6, 6.07) is 10.7. The average molecular weight is 485 g/mol. The molecule has 152 valence electrons. The van der Waals surface area contributed by atoms with Crippen LogP contribution in [-0.2, 0) is 0 Å². The first-order valence-corrected chi connectivity index (χ1v) is 10.3. The second kappa shape index (κ2) is 11.7. The molecule has 0 aliphatic carbocycles. The normalized spacial score (nSPS) is 19.7. The molecule has 1 aromatic carbocycles. The number of likely N-dealkylation sites (tertiary alicyclic amines) is 1. The Morgan fingerprint density at radius 2 is 1.70 bits per heavy atom. The molecule has 0 aromatic heterocycles. The highest BCUT2D eigenvalue weighted by Gasteiger charge is 2.20. The minimum Gasteiger partial charge on any atom is -0.368 e. The first-order valence-electron chi connectivity index (χ1n) is 10.3. The fourth-order valence-corrected chi connectivity index (χ4v) is 3.94. The summed E-state index contributed by atoms with van der Waals surface area (Å²) in [6.45, 7) is 10.7. The number of aliphatic imine (C=N–C) groups is 1. The predicted octanol–water partition coefficient (Wildman–Crippen LogP) is 3.12. The molecule has 0 atom stereocenters. The van der Waals surface area contributed by atoms with E-state index >= 15 is 0 Å². The zero-order chi connectivity index (χ0) is 18.2. The standard InChI is InChI=1S/C21H35N5.HI/c1-3-22-21(23-12-9-19-10-13-24(2)14-11-19)26-17-15-25(16-18-26)20-7-5-4-6-8-20;/h4-8,19H,3,9-18H2,1-2H3,(H,22,23);1H. The van der Waals surface area contributed by atoms with Gasteiger partial charge >= 0.3 is 0 Å². The summed E-state index contributed by atoms with van der Waals surface area (Å²) >= 11 is 0. The zero-order valence-electron chi connectivity index (χ0n) is 16.9. The number of nitrogens with one attached hydrogen (secondary N) is 1. The van der Waals surface area contributed by atoms with Crippen LogP contribution in [0.5, 0.6) is 0 Å². The number of halogens is 1. The smallest absolute Gasteiger partial charge is 0.194 e. The van der Waals surface area contributed by atoms with Gasteiger partial charge in [-0.15, -0.1) is 24.0 Å². The van der Waals surface area contributed by atoms with E-state index in [2.05, 4.69) is 64.3 Å². The van der Waals surface area contributed by atoms with Gasteiger partial charge in [-0.3, -0.25) is 4.99 Å². The Morgan fingerprint density at radius 1 is 1.04 bits per heavy atom. The SMILES string of the molecule is CCNC(=NCCC1CCN(C)CC1)N1CCN(c2ccccc2)CC1.I. The van der Waals surface area contributed by atoms with Gasteiger partial charge in [0.1, 0.15) is 0 Å². The van der Waals surface area contributed by atoms with Gasteiger partial charge in [0, 0.05) is 45.0 Å². The number of benzene rings is 1. The molecular formula is C21H36IN5. The maximum Gasteiger partial charge on any atom is 0.194 e. The summed E-state index contributed by atoms with van der Waals surface area (Å²) in [5.74, 6) is 1.96. The Morgan fingerprint density at radius 3 is 2.33 bits per heavy atom. The highest BCUT2D eigenvalue weighted by molar-refractivity contribution is 14.0. The third kappa shape index (κ3) is 6.82. The van der Waals surface area contributed by atoms with Crippen molar-refractivity contribution in [2.45, 2.75) is 26.2 Å². The number of para-hydroxylation sites is 1. The Bertz CT molecular complexity index is 549. The number of piperazine rings is 1. The molecule has 0 unspecified atom stereocenters. The van der Waals surface area contributed by atoms with Crippen LogP contribution < -0.4 is 10.2 Å². The van der Waals surface area contributed by atoms with Crippen LogP contribution in [0, 0.1) is 5.92 Å². The van der Waals surface area contributed by atoms with Crippen molar-refractivity contribution in [3.05, 3.63) is 30.3 Å². The van der Waals surface area contributed by atoms with Crippen LogP contribution in [0.2, 0.25) is 0 Å². The highest BCUT2D eigenvalue weighted by Crippen LogP contribution is 2.19. The fourth-order valence-electron chi connectivity index (χ4n) is 3.94. The van der Waals surface area contributed by atoms with Crippen LogP contribution in [0.15, 0.2) is 35.3 Å². The number of guanidine groups is 1. The highest BCUT2D eigenvalue weighted by atomic mass is 127. The number of nitrogens with zero attached hydrogens (tertiary/aromatic N) is 4. The van der Waals surface area contributed by atoms with E-state index in [1.165, 1.54) is 38.0 Å². The maximum absolute atomic E-state index is 4.95. The Kier molecular flexibility index (Phi) is 9.68. The van der Waals surface area contributed by atoms with Crippen molar-refractivity contribution in [3.63, 3.8) is 0 Å². The summed E-state index contributed by atoms with van der Waals surface area (Å²) < 4.78 is 0. The van der Waals surface area contributed by atoms with Crippen molar-refractivity contribution >= 4 is 35.6 Å². The van der Waals surface area contributed by atoms with E-state index in [1.54, 1.807) is 0 Å². The molecule has 2 aliphatic rings. The molecular weight excluding hydrogens is 449 g/mol. The summed E-state index contributed by atoms with van der Waals surface area (Å²) in [4.78, 5) is 12.3. The van der Waals surface area contributed by atoms with Crippen molar-refractivity contribution in [1.29, 1.82) is 0 Å². The Balaban J connectivity index is 0.00000261. The first-order chi connectivity index (χ1) is 12.8. The third-order valence-electron chi connectivity index (χ3n) is 5.67. The van der Waals surface area contributed by atoms with Gasteiger partial charge in [-0.2, -0.15) is 0 Å². The lowest BCUT2D eigenvalue weighted by atomic mass is 9.94. The van der Waals surface area contributed by atoms with Crippen LogP contribution in [-0.4, -0.2) is 75.2 Å². The Labute approximate surface area is 182 Å². The van der Waals surface area contributed by atoms with E-state index in [0.29, 0.717) is 0 Å². The van der Waals surface area contributed by atoms with E-state index in [-0.39, 0.29) is 24.0 Å². The van der Waals surface area contributed by atoms with Crippen LogP contribution in [0.1, 0.15) is 26.2 Å². The summed E-state index contributed by atoms with van der Waals surface area (Å²) in [7, 11) is 2.23. The lowest BCUT2D eigenvalue weighted by Gasteiger charge is -2.37. The molecule has 0 amide bonds. The van der Waals surface area contributed by atoms with Gasteiger partial charge in [0.05, 0.1) is 0 Å². The minimum absolute atomic E-state index is 0. The molecule has 0 saturated carbocycles. The maximum atomic E-state index is 4.95. The quantitative estimate of drug-likeness (QED) is 0.395. The van der Waals surface area contributed by atoms with Crippen molar-refractivity contribution in [2.24, 2.45) is 10.9 Å². The largest absolute Gasteiger partial charge is 0.368 e. The molecule has 2 saturated heterocycles. The van der Waals surface area contributed by atoms with Crippen LogP contribution in [0.3, 0.4) is 0 Å². The van der Waals surface area contributed by atoms with Gasteiger partial charge in [0.15, 0.2) is 5.96 Å². The molecule has 0 radical (unpaired) electrons. The summed E-state index contributed by atoms with van der Waals surface area (Å²) in [5.41, 5.74) is 1.33. The van der Waals surface area contributed by atoms with Crippen LogP contribution in [0.4, 0.5) is 5.69 Å². The number of hydrogen-bond donors (Lipinski definition) is 1. The number of rotatable bonds is 5. The monoisotopic (exact) mass is 485 g/mol. The zero-order valence-corrected chi connectivity index (χ0v) is 19.3. The molecule has 2 fully saturated rings. The molecule has 1 N–H and O–H groups in total. The molecule has 6 heteroatoms. The lowest BCUT2D eigenvalue weighted by Crippen LogP contribution is -2.52. The van der Waals surface area contributed by atoms with Crippen molar-refractivity contribution in [2.75, 3.05) is 64.3 Å². The Hall–Kier alpha value is -1.02. The van der Waals surface area contributed by atoms with Gasteiger partial charge in [-0.25, -0.2) is 0 Å². The number of hydrogen-bond acceptors (Lipinski definition) is 3. The molecule has 5 nitrogen and oxygen atoms in total. The molecule has 0 spiro atoms. The molecule has 0 bridgehead atoms. The topological polar surface area (TPSA) is 34.1 Å². The molecule has 27 heavy (non-hydrogen) atoms. The van der Waals surface area contributed by atoms with E-state index in [0.717, 1.165) is 51.1 Å². The molecule has 2 aliphatic heterocycles. The minimum atomic E-state index is 0. The second-order valence-corrected chi connectivity index (χ2v) is 7.58. The van der Waals surface area contributed by atoms with E-state index in [9.17, 15) is 0 Å². The lowest BCUT2D eigenvalue weighted by molar-refractivity contribution is 0.214. The van der Waals surface area contributed by atoms with Crippen LogP contribution in [0.25, 0.3) is 0 Å². The average Bonchev–Trinajstić information content (AvgIpc) is 2.70. The van der Waals surface area contributed by atoms with Crippen molar-refractivity contribution < 1.29 is 0 Å². The molecule has 2 heterocycles. The van der Waals surface area contributed by atoms with E-state index in [1.807, 2.05) is 0 Å². The van der Waals surface area contributed by atoms with Crippen LogP contribution >= 0.6 is 24.0 Å². The van der Waals surface area contributed by atoms with E-state index < -0.39 is 0 Å². The van der Waals surface area contributed by atoms with E-state index in [4.69, 9.17) is 4.99 Å². The number of piperidine rings is 1.